The van der Waals surface area contributed by atoms with E-state index in [9.17, 15) is 19.5 Å². The second kappa shape index (κ2) is 9.23. The van der Waals surface area contributed by atoms with E-state index in [0.717, 1.165) is 22.3 Å². The van der Waals surface area contributed by atoms with Crippen LogP contribution in [0.1, 0.15) is 36.3 Å². The Kier molecular flexibility index (Phi) is 6.49. The van der Waals surface area contributed by atoms with E-state index < -0.39 is 18.1 Å². The molecule has 0 spiro atoms. The molecule has 0 heterocycles. The standard InChI is InChI=1S/C22H24N2O5/c1-23-20(25)12-6-11-19(21(26)27)24-22(28)29-13-18-16-9-4-2-7-14(16)15-8-3-5-10-17(15)18/h2-5,7-10,18-19H,6,11-13H2,1H3,(H,23,25)(H,24,28)(H,26,27)/t19-/m1/s1. The molecule has 3 rings (SSSR count). The summed E-state index contributed by atoms with van der Waals surface area (Å²) in [5.41, 5.74) is 4.41. The lowest BCUT2D eigenvalue weighted by Gasteiger charge is -2.17. The van der Waals surface area contributed by atoms with Crippen molar-refractivity contribution >= 4 is 18.0 Å². The molecule has 2 amide bonds. The Hall–Kier alpha value is -3.35. The topological polar surface area (TPSA) is 105 Å². The highest BCUT2D eigenvalue weighted by molar-refractivity contribution is 5.81. The number of amides is 2. The van der Waals surface area contributed by atoms with E-state index in [-0.39, 0.29) is 31.3 Å². The van der Waals surface area contributed by atoms with Crippen molar-refractivity contribution in [2.75, 3.05) is 13.7 Å². The zero-order valence-corrected chi connectivity index (χ0v) is 16.2. The summed E-state index contributed by atoms with van der Waals surface area (Å²) in [6, 6.07) is 14.9. The van der Waals surface area contributed by atoms with Gasteiger partial charge in [0.15, 0.2) is 0 Å². The zero-order valence-electron chi connectivity index (χ0n) is 16.2. The van der Waals surface area contributed by atoms with Crippen LogP contribution < -0.4 is 10.6 Å². The van der Waals surface area contributed by atoms with E-state index in [4.69, 9.17) is 4.74 Å². The lowest BCUT2D eigenvalue weighted by molar-refractivity contribution is -0.139. The average Bonchev–Trinajstić information content (AvgIpc) is 3.05. The minimum absolute atomic E-state index is 0.0929. The molecule has 0 bridgehead atoms. The van der Waals surface area contributed by atoms with Gasteiger partial charge >= 0.3 is 12.1 Å². The van der Waals surface area contributed by atoms with Crippen molar-refractivity contribution < 1.29 is 24.2 Å². The maximum Gasteiger partial charge on any atom is 0.407 e. The second-order valence-electron chi connectivity index (χ2n) is 6.93. The lowest BCUT2D eigenvalue weighted by Crippen LogP contribution is -2.41. The van der Waals surface area contributed by atoms with E-state index in [1.165, 1.54) is 7.05 Å². The van der Waals surface area contributed by atoms with Crippen LogP contribution >= 0.6 is 0 Å². The quantitative estimate of drug-likeness (QED) is 0.636. The third-order valence-corrected chi connectivity index (χ3v) is 5.11. The molecular formula is C22H24N2O5. The number of benzene rings is 2. The molecule has 1 aliphatic carbocycles. The highest BCUT2D eigenvalue weighted by atomic mass is 16.5. The molecular weight excluding hydrogens is 372 g/mol. The molecule has 7 heteroatoms. The maximum absolute atomic E-state index is 12.2. The van der Waals surface area contributed by atoms with E-state index in [1.807, 2.05) is 48.5 Å². The SMILES string of the molecule is CNC(=O)CCC[C@@H](NC(=O)OCC1c2ccccc2-c2ccccc21)C(=O)O. The molecule has 29 heavy (non-hydrogen) atoms. The number of carbonyl (C=O) groups excluding carboxylic acids is 2. The molecule has 3 N–H and O–H groups in total. The van der Waals surface area contributed by atoms with Crippen LogP contribution in [0.15, 0.2) is 48.5 Å². The van der Waals surface area contributed by atoms with Crippen molar-refractivity contribution in [2.45, 2.75) is 31.2 Å². The number of rotatable bonds is 8. The van der Waals surface area contributed by atoms with Gasteiger partial charge in [0.05, 0.1) is 0 Å². The zero-order chi connectivity index (χ0) is 20.8. The van der Waals surface area contributed by atoms with Gasteiger partial charge in [0.2, 0.25) is 5.91 Å². The Labute approximate surface area is 169 Å². The van der Waals surface area contributed by atoms with Gasteiger partial charge in [0.1, 0.15) is 12.6 Å². The first-order chi connectivity index (χ1) is 14.0. The molecule has 2 aromatic rings. The van der Waals surface area contributed by atoms with Crippen LogP contribution in [0.5, 0.6) is 0 Å². The summed E-state index contributed by atoms with van der Waals surface area (Å²) in [5, 5.41) is 14.2. The van der Waals surface area contributed by atoms with Crippen molar-refractivity contribution in [2.24, 2.45) is 0 Å². The minimum Gasteiger partial charge on any atom is -0.480 e. The van der Waals surface area contributed by atoms with Crippen molar-refractivity contribution in [1.82, 2.24) is 10.6 Å². The van der Waals surface area contributed by atoms with Gasteiger partial charge in [-0.1, -0.05) is 48.5 Å². The third kappa shape index (κ3) is 4.74. The van der Waals surface area contributed by atoms with Gasteiger partial charge in [-0.3, -0.25) is 4.79 Å². The monoisotopic (exact) mass is 396 g/mol. The fourth-order valence-corrected chi connectivity index (χ4v) is 3.63. The third-order valence-electron chi connectivity index (χ3n) is 5.11. The normalized spacial score (nSPS) is 13.1. The Balaban J connectivity index is 1.60. The molecule has 0 saturated heterocycles. The summed E-state index contributed by atoms with van der Waals surface area (Å²) in [5.74, 6) is -1.42. The highest BCUT2D eigenvalue weighted by Crippen LogP contribution is 2.44. The predicted molar refractivity (Wildman–Crippen MR) is 108 cm³/mol. The van der Waals surface area contributed by atoms with Crippen molar-refractivity contribution in [1.29, 1.82) is 0 Å². The molecule has 0 radical (unpaired) electrons. The average molecular weight is 396 g/mol. The fourth-order valence-electron chi connectivity index (χ4n) is 3.63. The number of aliphatic carboxylic acids is 1. The number of carboxylic acid groups (broad SMARTS) is 1. The number of fused-ring (bicyclic) bond motifs is 3. The van der Waals surface area contributed by atoms with Crippen molar-refractivity contribution in [3.05, 3.63) is 59.7 Å². The number of carbonyl (C=O) groups is 3. The Morgan fingerprint density at radius 1 is 1.03 bits per heavy atom. The smallest absolute Gasteiger partial charge is 0.407 e. The summed E-state index contributed by atoms with van der Waals surface area (Å²) in [7, 11) is 1.52. The van der Waals surface area contributed by atoms with Gasteiger partial charge in [-0.2, -0.15) is 0 Å². The Morgan fingerprint density at radius 2 is 1.62 bits per heavy atom. The Morgan fingerprint density at radius 3 is 2.17 bits per heavy atom. The first kappa shape index (κ1) is 20.4. The summed E-state index contributed by atoms with van der Waals surface area (Å²) in [6.07, 6.45) is -0.0842. The Bertz CT molecular complexity index is 866. The van der Waals surface area contributed by atoms with E-state index >= 15 is 0 Å². The molecule has 0 aliphatic heterocycles. The maximum atomic E-state index is 12.2. The fraction of sp³-hybridized carbons (Fsp3) is 0.318. The molecule has 7 nitrogen and oxygen atoms in total. The van der Waals surface area contributed by atoms with E-state index in [0.29, 0.717) is 6.42 Å². The molecule has 0 saturated carbocycles. The van der Waals surface area contributed by atoms with E-state index in [2.05, 4.69) is 10.6 Å². The van der Waals surface area contributed by atoms with E-state index in [1.54, 1.807) is 0 Å². The molecule has 2 aromatic carbocycles. The highest BCUT2D eigenvalue weighted by Gasteiger charge is 2.29. The van der Waals surface area contributed by atoms with Gasteiger partial charge in [0.25, 0.3) is 0 Å². The molecule has 0 aromatic heterocycles. The van der Waals surface area contributed by atoms with Gasteiger partial charge in [0, 0.05) is 19.4 Å². The van der Waals surface area contributed by atoms with Gasteiger partial charge < -0.3 is 20.5 Å². The number of nitrogens with one attached hydrogen (secondary N) is 2. The van der Waals surface area contributed by atoms with Crippen LogP contribution in [0.25, 0.3) is 11.1 Å². The molecule has 0 fully saturated rings. The summed E-state index contributed by atoms with van der Waals surface area (Å²) in [6.45, 7) is 0.116. The van der Waals surface area contributed by atoms with Crippen molar-refractivity contribution in [3.8, 4) is 11.1 Å². The summed E-state index contributed by atoms with van der Waals surface area (Å²) >= 11 is 0. The van der Waals surface area contributed by atoms with Crippen LogP contribution in [0.2, 0.25) is 0 Å². The minimum atomic E-state index is -1.16. The van der Waals surface area contributed by atoms with Gasteiger partial charge in [-0.25, -0.2) is 9.59 Å². The lowest BCUT2D eigenvalue weighted by atomic mass is 9.98. The van der Waals surface area contributed by atoms with Crippen LogP contribution in [0.3, 0.4) is 0 Å². The van der Waals surface area contributed by atoms with Gasteiger partial charge in [-0.05, 0) is 35.1 Å². The number of ether oxygens (including phenoxy) is 1. The summed E-state index contributed by atoms with van der Waals surface area (Å²) < 4.78 is 5.38. The first-order valence-electron chi connectivity index (χ1n) is 9.56. The van der Waals surface area contributed by atoms with Crippen molar-refractivity contribution in [3.63, 3.8) is 0 Å². The predicted octanol–water partition coefficient (Wildman–Crippen LogP) is 2.89. The number of hydrogen-bond acceptors (Lipinski definition) is 4. The largest absolute Gasteiger partial charge is 0.480 e. The number of carboxylic acids is 1. The summed E-state index contributed by atoms with van der Waals surface area (Å²) in [4.78, 5) is 34.9. The van der Waals surface area contributed by atoms with Crippen LogP contribution in [-0.2, 0) is 14.3 Å². The number of alkyl carbamates (subject to hydrolysis) is 1. The number of hydrogen-bond donors (Lipinski definition) is 3. The van der Waals surface area contributed by atoms with Crippen LogP contribution in [0, 0.1) is 0 Å². The van der Waals surface area contributed by atoms with Gasteiger partial charge in [-0.15, -0.1) is 0 Å². The first-order valence-corrected chi connectivity index (χ1v) is 9.56. The molecule has 152 valence electrons. The molecule has 1 atom stereocenters. The van der Waals surface area contributed by atoms with Crippen LogP contribution in [-0.4, -0.2) is 42.8 Å². The molecule has 1 aliphatic rings. The second-order valence-corrected chi connectivity index (χ2v) is 6.93. The van der Waals surface area contributed by atoms with Crippen LogP contribution in [0.4, 0.5) is 4.79 Å². The molecule has 0 unspecified atom stereocenters.